The molecule has 2 heterocycles. The van der Waals surface area contributed by atoms with Crippen molar-refractivity contribution in [2.75, 3.05) is 0 Å². The number of allylic oxidation sites excluding steroid dienone is 5. The molecular formula is C23H25FN4. The molecule has 1 N–H and O–H groups in total. The molecular weight excluding hydrogens is 351 g/mol. The minimum atomic E-state index is -0.164. The van der Waals surface area contributed by atoms with Crippen LogP contribution >= 0.6 is 0 Å². The van der Waals surface area contributed by atoms with Crippen LogP contribution in [0.25, 0.3) is 0 Å². The van der Waals surface area contributed by atoms with E-state index in [2.05, 4.69) is 38.3 Å². The highest BCUT2D eigenvalue weighted by atomic mass is 19.1. The lowest BCUT2D eigenvalue weighted by Crippen LogP contribution is -2.50. The van der Waals surface area contributed by atoms with Crippen LogP contribution in [0.2, 0.25) is 0 Å². The van der Waals surface area contributed by atoms with E-state index in [9.17, 15) is 4.39 Å². The predicted molar refractivity (Wildman–Crippen MR) is 111 cm³/mol. The Labute approximate surface area is 166 Å². The van der Waals surface area contributed by atoms with Gasteiger partial charge in [0.15, 0.2) is 0 Å². The maximum atomic E-state index is 13.6. The van der Waals surface area contributed by atoms with Crippen molar-refractivity contribution < 1.29 is 5.82 Å². The first-order chi connectivity index (χ1) is 13.7. The lowest BCUT2D eigenvalue weighted by molar-refractivity contribution is 0.253. The van der Waals surface area contributed by atoms with Gasteiger partial charge in [-0.2, -0.15) is 0 Å². The second-order valence-electron chi connectivity index (χ2n) is 7.11. The number of hydrazine groups is 1. The molecule has 0 aromatic carbocycles. The summed E-state index contributed by atoms with van der Waals surface area (Å²) in [7, 11) is 0. The Morgan fingerprint density at radius 2 is 2.39 bits per heavy atom. The van der Waals surface area contributed by atoms with E-state index in [0.717, 1.165) is 23.6 Å². The molecule has 2 aliphatic carbocycles. The molecule has 3 unspecified atom stereocenters. The summed E-state index contributed by atoms with van der Waals surface area (Å²) in [5, 5.41) is 2.06. The minimum Gasteiger partial charge on any atom is -0.281 e. The van der Waals surface area contributed by atoms with Crippen molar-refractivity contribution in [1.29, 1.82) is 0 Å². The number of rotatable bonds is 4. The molecule has 0 amide bonds. The minimum absolute atomic E-state index is 0. The van der Waals surface area contributed by atoms with Gasteiger partial charge >= 0.3 is 0 Å². The van der Waals surface area contributed by atoms with Gasteiger partial charge in [0.1, 0.15) is 17.7 Å². The molecule has 1 fully saturated rings. The maximum Gasteiger partial charge on any atom is 0.139 e. The summed E-state index contributed by atoms with van der Waals surface area (Å²) >= 11 is 0. The van der Waals surface area contributed by atoms with Crippen LogP contribution in [0.1, 0.15) is 27.4 Å². The molecule has 4 rings (SSSR count). The van der Waals surface area contributed by atoms with Crippen LogP contribution < -0.4 is 5.43 Å². The van der Waals surface area contributed by atoms with Crippen LogP contribution in [-0.4, -0.2) is 21.9 Å². The molecule has 4 nitrogen and oxygen atoms in total. The number of pyridine rings is 1. The number of amidine groups is 1. The SMILES string of the molecule is CC#CC1C=CC(=NCc2ccccn2)NN1/C(=C\C)C12C=CC(F)=CC1C2.[HH]. The maximum absolute atomic E-state index is 13.6. The van der Waals surface area contributed by atoms with Crippen LogP contribution in [0.3, 0.4) is 0 Å². The van der Waals surface area contributed by atoms with Crippen LogP contribution in [0, 0.1) is 23.2 Å². The Balaban J connectivity index is 0.00000240. The Kier molecular flexibility index (Phi) is 4.87. The Hall–Kier alpha value is -3.13. The third-order valence-electron chi connectivity index (χ3n) is 5.35. The fourth-order valence-electron chi connectivity index (χ4n) is 3.91. The molecule has 28 heavy (non-hydrogen) atoms. The van der Waals surface area contributed by atoms with E-state index in [0.29, 0.717) is 6.54 Å². The normalized spacial score (nSPS) is 29.5. The number of halogens is 1. The summed E-state index contributed by atoms with van der Waals surface area (Å²) in [6.07, 6.45) is 14.1. The van der Waals surface area contributed by atoms with E-state index in [4.69, 9.17) is 0 Å². The second kappa shape index (κ2) is 7.47. The predicted octanol–water partition coefficient (Wildman–Crippen LogP) is 4.33. The third kappa shape index (κ3) is 3.38. The largest absolute Gasteiger partial charge is 0.281 e. The van der Waals surface area contributed by atoms with E-state index in [-0.39, 0.29) is 24.6 Å². The first kappa shape index (κ1) is 18.2. The quantitative estimate of drug-likeness (QED) is 0.796. The van der Waals surface area contributed by atoms with Gasteiger partial charge in [-0.15, -0.1) is 5.92 Å². The van der Waals surface area contributed by atoms with Gasteiger partial charge in [-0.1, -0.05) is 24.1 Å². The first-order valence-electron chi connectivity index (χ1n) is 9.50. The van der Waals surface area contributed by atoms with E-state index in [1.54, 1.807) is 18.3 Å². The van der Waals surface area contributed by atoms with Crippen LogP contribution in [0.5, 0.6) is 0 Å². The lowest BCUT2D eigenvalue weighted by Gasteiger charge is -2.38. The first-order valence-corrected chi connectivity index (χ1v) is 9.50. The van der Waals surface area contributed by atoms with Crippen molar-refractivity contribution in [3.8, 4) is 11.8 Å². The zero-order valence-electron chi connectivity index (χ0n) is 16.1. The smallest absolute Gasteiger partial charge is 0.139 e. The van der Waals surface area contributed by atoms with Gasteiger partial charge in [-0.3, -0.25) is 20.4 Å². The van der Waals surface area contributed by atoms with Gasteiger partial charge in [0, 0.05) is 18.7 Å². The lowest BCUT2D eigenvalue weighted by atomic mass is 9.93. The highest BCUT2D eigenvalue weighted by Gasteiger charge is 2.57. The molecule has 3 atom stereocenters. The summed E-state index contributed by atoms with van der Waals surface area (Å²) in [4.78, 5) is 8.98. The summed E-state index contributed by atoms with van der Waals surface area (Å²) in [6, 6.07) is 5.70. The topological polar surface area (TPSA) is 40.5 Å². The zero-order chi connectivity index (χ0) is 19.6. The molecule has 1 aromatic rings. The number of aromatic nitrogens is 1. The molecule has 1 aromatic heterocycles. The van der Waals surface area contributed by atoms with Gasteiger partial charge in [0.2, 0.25) is 0 Å². The fraction of sp³-hybridized carbons (Fsp3) is 0.304. The Bertz CT molecular complexity index is 968. The average Bonchev–Trinajstić information content (AvgIpc) is 3.43. The summed E-state index contributed by atoms with van der Waals surface area (Å²) in [6.45, 7) is 4.35. The van der Waals surface area contributed by atoms with Crippen molar-refractivity contribution in [2.45, 2.75) is 32.9 Å². The van der Waals surface area contributed by atoms with Crippen LogP contribution in [0.4, 0.5) is 4.39 Å². The van der Waals surface area contributed by atoms with Crippen LogP contribution in [0.15, 0.2) is 77.4 Å². The zero-order valence-corrected chi connectivity index (χ0v) is 16.1. The molecule has 144 valence electrons. The van der Waals surface area contributed by atoms with Gasteiger partial charge < -0.3 is 0 Å². The summed E-state index contributed by atoms with van der Waals surface area (Å²) in [5.74, 6) is 7.04. The molecule has 1 saturated carbocycles. The number of nitrogens with one attached hydrogen (secondary N) is 1. The summed E-state index contributed by atoms with van der Waals surface area (Å²) in [5.41, 5.74) is 5.26. The van der Waals surface area contributed by atoms with Gasteiger partial charge in [0.25, 0.3) is 0 Å². The number of nitrogens with zero attached hydrogens (tertiary/aromatic N) is 3. The molecule has 0 bridgehead atoms. The number of fused-ring (bicyclic) bond motifs is 1. The molecule has 0 saturated heterocycles. The average molecular weight is 376 g/mol. The van der Waals surface area contributed by atoms with Gasteiger partial charge in [-0.05, 0) is 62.6 Å². The second-order valence-corrected chi connectivity index (χ2v) is 7.11. The highest BCUT2D eigenvalue weighted by molar-refractivity contribution is 5.93. The number of aliphatic imine (C=N–C) groups is 1. The van der Waals surface area contributed by atoms with Gasteiger partial charge in [0.05, 0.1) is 12.2 Å². The van der Waals surface area contributed by atoms with Crippen molar-refractivity contribution in [1.82, 2.24) is 15.4 Å². The van der Waals surface area contributed by atoms with Crippen molar-refractivity contribution in [3.05, 3.63) is 78.1 Å². The Morgan fingerprint density at radius 1 is 1.50 bits per heavy atom. The van der Waals surface area contributed by atoms with E-state index < -0.39 is 0 Å². The van der Waals surface area contributed by atoms with Crippen molar-refractivity contribution >= 4 is 5.84 Å². The fourth-order valence-corrected chi connectivity index (χ4v) is 3.91. The molecule has 5 heteroatoms. The molecule has 0 spiro atoms. The van der Waals surface area contributed by atoms with E-state index >= 15 is 0 Å². The van der Waals surface area contributed by atoms with E-state index in [1.165, 1.54) is 0 Å². The standard InChI is InChI=1S/C23H23FN4.H2/c1-3-7-20-9-10-22(26-16-19-8-5-6-13-25-19)27-28(20)21(4-2)23-12-11-18(24)14-17(23)15-23;/h4-6,8-14,17,20H,15-16H2,1-2H3,(H,26,27);1H/b21-4-;. The monoisotopic (exact) mass is 376 g/mol. The van der Waals surface area contributed by atoms with Crippen LogP contribution in [-0.2, 0) is 6.54 Å². The van der Waals surface area contributed by atoms with Crippen molar-refractivity contribution in [3.63, 3.8) is 0 Å². The molecule has 3 aliphatic rings. The molecule has 1 aliphatic heterocycles. The third-order valence-corrected chi connectivity index (χ3v) is 5.35. The highest BCUT2D eigenvalue weighted by Crippen LogP contribution is 2.62. The van der Waals surface area contributed by atoms with E-state index in [1.807, 2.05) is 50.3 Å². The number of hydrogen-bond acceptors (Lipinski definition) is 3. The van der Waals surface area contributed by atoms with Crippen molar-refractivity contribution in [2.24, 2.45) is 16.3 Å². The van der Waals surface area contributed by atoms with Gasteiger partial charge in [-0.25, -0.2) is 4.39 Å². The Morgan fingerprint density at radius 3 is 3.11 bits per heavy atom. The molecule has 0 radical (unpaired) electrons. The summed E-state index contributed by atoms with van der Waals surface area (Å²) < 4.78 is 13.6. The number of hydrogen-bond donors (Lipinski definition) is 1.